The molecule has 0 aliphatic carbocycles. The monoisotopic (exact) mass is 287 g/mol. The molecule has 100 valence electrons. The highest BCUT2D eigenvalue weighted by Gasteiger charge is 2.34. The molecule has 0 unspecified atom stereocenters. The Morgan fingerprint density at radius 2 is 1.84 bits per heavy atom. The molecule has 6 heteroatoms. The van der Waals surface area contributed by atoms with Crippen LogP contribution < -0.4 is 0 Å². The topological polar surface area (TPSA) is 33.1 Å². The Morgan fingerprint density at radius 1 is 1.16 bits per heavy atom. The quantitative estimate of drug-likeness (QED) is 0.850. The predicted octanol–water partition coefficient (Wildman–Crippen LogP) is 3.91. The summed E-state index contributed by atoms with van der Waals surface area (Å²) >= 11 is 5.88. The molecule has 0 amide bonds. The Bertz CT molecular complexity index is 599. The first-order valence-corrected chi connectivity index (χ1v) is 5.73. The van der Waals surface area contributed by atoms with Crippen LogP contribution in [0, 0.1) is 0 Å². The van der Waals surface area contributed by atoms with Crippen molar-refractivity contribution in [2.45, 2.75) is 12.8 Å². The number of hydrogen-bond donors (Lipinski definition) is 1. The second-order valence-corrected chi connectivity index (χ2v) is 4.20. The summed E-state index contributed by atoms with van der Waals surface area (Å²) in [5, 5.41) is 9.16. The summed E-state index contributed by atoms with van der Waals surface area (Å²) in [4.78, 5) is 3.77. The lowest BCUT2D eigenvalue weighted by molar-refractivity contribution is -0.137. The number of benzene rings is 1. The Labute approximate surface area is 112 Å². The van der Waals surface area contributed by atoms with E-state index in [2.05, 4.69) is 4.98 Å². The summed E-state index contributed by atoms with van der Waals surface area (Å²) in [7, 11) is 0. The van der Waals surface area contributed by atoms with Gasteiger partial charge in [0.1, 0.15) is 5.15 Å². The zero-order valence-corrected chi connectivity index (χ0v) is 10.3. The molecule has 0 spiro atoms. The van der Waals surface area contributed by atoms with Gasteiger partial charge in [-0.05, 0) is 23.3 Å². The third-order valence-corrected chi connectivity index (χ3v) is 2.95. The van der Waals surface area contributed by atoms with Crippen molar-refractivity contribution >= 4 is 11.6 Å². The molecule has 1 aromatic carbocycles. The molecule has 2 aromatic rings. The van der Waals surface area contributed by atoms with E-state index >= 15 is 0 Å². The summed E-state index contributed by atoms with van der Waals surface area (Å²) < 4.78 is 38.9. The molecular formula is C13H9ClF3NO. The normalized spacial score (nSPS) is 11.6. The zero-order chi connectivity index (χ0) is 14.0. The maximum Gasteiger partial charge on any atom is 0.417 e. The minimum absolute atomic E-state index is 0.0664. The van der Waals surface area contributed by atoms with Crippen LogP contribution in [0.4, 0.5) is 13.2 Å². The largest absolute Gasteiger partial charge is 0.417 e. The molecule has 0 aliphatic heterocycles. The van der Waals surface area contributed by atoms with Crippen LogP contribution in [0.25, 0.3) is 11.1 Å². The molecule has 1 heterocycles. The number of alkyl halides is 3. The van der Waals surface area contributed by atoms with Crippen LogP contribution in [0.3, 0.4) is 0 Å². The third-order valence-electron chi connectivity index (χ3n) is 2.66. The van der Waals surface area contributed by atoms with E-state index in [9.17, 15) is 18.3 Å². The van der Waals surface area contributed by atoms with E-state index in [0.29, 0.717) is 5.56 Å². The van der Waals surface area contributed by atoms with E-state index in [4.69, 9.17) is 11.6 Å². The van der Waals surface area contributed by atoms with E-state index in [1.54, 1.807) is 0 Å². The van der Waals surface area contributed by atoms with Crippen molar-refractivity contribution in [2.75, 3.05) is 0 Å². The molecule has 0 saturated heterocycles. The zero-order valence-electron chi connectivity index (χ0n) is 9.58. The SMILES string of the molecule is OCc1ccnc(Cl)c1-c1ccccc1C(F)(F)F. The van der Waals surface area contributed by atoms with E-state index in [0.717, 1.165) is 6.07 Å². The predicted molar refractivity (Wildman–Crippen MR) is 65.6 cm³/mol. The average molecular weight is 288 g/mol. The molecule has 1 N–H and O–H groups in total. The van der Waals surface area contributed by atoms with Gasteiger partial charge in [0.2, 0.25) is 0 Å². The summed E-state index contributed by atoms with van der Waals surface area (Å²) in [6.07, 6.45) is -3.16. The van der Waals surface area contributed by atoms with Gasteiger partial charge in [-0.2, -0.15) is 13.2 Å². The van der Waals surface area contributed by atoms with E-state index in [1.165, 1.54) is 30.5 Å². The second kappa shape index (κ2) is 5.19. The first-order valence-electron chi connectivity index (χ1n) is 5.36. The summed E-state index contributed by atoms with van der Waals surface area (Å²) in [6.45, 7) is -0.413. The summed E-state index contributed by atoms with van der Waals surface area (Å²) in [5.74, 6) is 0. The number of pyridine rings is 1. The maximum absolute atomic E-state index is 13.0. The number of rotatable bonds is 2. The Morgan fingerprint density at radius 3 is 2.47 bits per heavy atom. The number of aliphatic hydroxyl groups excluding tert-OH is 1. The van der Waals surface area contributed by atoms with E-state index in [1.807, 2.05) is 0 Å². The minimum Gasteiger partial charge on any atom is -0.392 e. The molecule has 0 saturated carbocycles. The molecule has 0 bridgehead atoms. The van der Waals surface area contributed by atoms with Crippen molar-refractivity contribution in [3.05, 3.63) is 52.8 Å². The highest BCUT2D eigenvalue weighted by Crippen LogP contribution is 2.40. The fraction of sp³-hybridized carbons (Fsp3) is 0.154. The second-order valence-electron chi connectivity index (χ2n) is 3.84. The lowest BCUT2D eigenvalue weighted by Crippen LogP contribution is -2.08. The van der Waals surface area contributed by atoms with Crippen molar-refractivity contribution < 1.29 is 18.3 Å². The molecule has 0 fully saturated rings. The minimum atomic E-state index is -4.50. The first kappa shape index (κ1) is 13.8. The van der Waals surface area contributed by atoms with Crippen molar-refractivity contribution in [1.29, 1.82) is 0 Å². The van der Waals surface area contributed by atoms with Gasteiger partial charge in [-0.1, -0.05) is 29.8 Å². The van der Waals surface area contributed by atoms with Gasteiger partial charge in [0.25, 0.3) is 0 Å². The molecular weight excluding hydrogens is 279 g/mol. The van der Waals surface area contributed by atoms with Crippen LogP contribution in [0.5, 0.6) is 0 Å². The van der Waals surface area contributed by atoms with Gasteiger partial charge in [-0.15, -0.1) is 0 Å². The fourth-order valence-corrected chi connectivity index (χ4v) is 2.12. The van der Waals surface area contributed by atoms with E-state index < -0.39 is 18.3 Å². The standard InChI is InChI=1S/C13H9ClF3NO/c14-12-11(8(7-19)5-6-18-12)9-3-1-2-4-10(9)13(15,16)17/h1-6,19H,7H2. The highest BCUT2D eigenvalue weighted by atomic mass is 35.5. The summed E-state index contributed by atoms with van der Waals surface area (Å²) in [6, 6.07) is 6.50. The van der Waals surface area contributed by atoms with Crippen LogP contribution >= 0.6 is 11.6 Å². The lowest BCUT2D eigenvalue weighted by Gasteiger charge is -2.15. The molecule has 19 heavy (non-hydrogen) atoms. The third kappa shape index (κ3) is 2.72. The van der Waals surface area contributed by atoms with Crippen molar-refractivity contribution in [3.63, 3.8) is 0 Å². The smallest absolute Gasteiger partial charge is 0.392 e. The molecule has 2 rings (SSSR count). The van der Waals surface area contributed by atoms with Crippen molar-refractivity contribution in [3.8, 4) is 11.1 Å². The van der Waals surface area contributed by atoms with Crippen molar-refractivity contribution in [2.24, 2.45) is 0 Å². The average Bonchev–Trinajstić information content (AvgIpc) is 2.37. The Hall–Kier alpha value is -1.59. The van der Waals surface area contributed by atoms with Crippen LogP contribution in [0.2, 0.25) is 5.15 Å². The van der Waals surface area contributed by atoms with E-state index in [-0.39, 0.29) is 16.3 Å². The van der Waals surface area contributed by atoms with Gasteiger partial charge in [0.15, 0.2) is 0 Å². The number of nitrogens with zero attached hydrogens (tertiary/aromatic N) is 1. The Balaban J connectivity index is 2.73. The molecule has 0 aliphatic rings. The van der Waals surface area contributed by atoms with Gasteiger partial charge < -0.3 is 5.11 Å². The molecule has 0 atom stereocenters. The first-order chi connectivity index (χ1) is 8.95. The Kier molecular flexibility index (Phi) is 3.78. The van der Waals surface area contributed by atoms with Crippen molar-refractivity contribution in [1.82, 2.24) is 4.98 Å². The maximum atomic E-state index is 13.0. The van der Waals surface area contributed by atoms with Gasteiger partial charge >= 0.3 is 6.18 Å². The number of aromatic nitrogens is 1. The summed E-state index contributed by atoms with van der Waals surface area (Å²) in [5.41, 5.74) is -0.479. The number of halogens is 4. The van der Waals surface area contributed by atoms with Crippen LogP contribution in [0.1, 0.15) is 11.1 Å². The van der Waals surface area contributed by atoms with Gasteiger partial charge in [0.05, 0.1) is 12.2 Å². The van der Waals surface area contributed by atoms with Gasteiger partial charge in [-0.25, -0.2) is 4.98 Å². The van der Waals surface area contributed by atoms with Crippen LogP contribution in [0.15, 0.2) is 36.5 Å². The molecule has 2 nitrogen and oxygen atoms in total. The van der Waals surface area contributed by atoms with Crippen LogP contribution in [-0.4, -0.2) is 10.1 Å². The number of aliphatic hydroxyl groups is 1. The fourth-order valence-electron chi connectivity index (χ4n) is 1.84. The lowest BCUT2D eigenvalue weighted by atomic mass is 9.97. The van der Waals surface area contributed by atoms with Gasteiger partial charge in [-0.3, -0.25) is 0 Å². The molecule has 0 radical (unpaired) electrons. The molecule has 1 aromatic heterocycles. The van der Waals surface area contributed by atoms with Gasteiger partial charge in [0, 0.05) is 11.8 Å². The highest BCUT2D eigenvalue weighted by molar-refractivity contribution is 6.32. The van der Waals surface area contributed by atoms with Crippen LogP contribution in [-0.2, 0) is 12.8 Å². The number of hydrogen-bond acceptors (Lipinski definition) is 2.